The molecule has 1 aromatic carbocycles. The minimum atomic E-state index is 0.259. The predicted octanol–water partition coefficient (Wildman–Crippen LogP) is 0.767. The number of hydrogen-bond acceptors (Lipinski definition) is 3. The first-order valence-electron chi connectivity index (χ1n) is 5.42. The highest BCUT2D eigenvalue weighted by molar-refractivity contribution is 5.46. The molecule has 0 aliphatic carbocycles. The fourth-order valence-corrected chi connectivity index (χ4v) is 2.08. The molecule has 2 rings (SSSR count). The Morgan fingerprint density at radius 2 is 1.87 bits per heavy atom. The van der Waals surface area contributed by atoms with Crippen LogP contribution in [0.25, 0.3) is 0 Å². The fourth-order valence-electron chi connectivity index (χ4n) is 2.08. The van der Waals surface area contributed by atoms with Crippen molar-refractivity contribution in [2.75, 3.05) is 32.1 Å². The third-order valence-corrected chi connectivity index (χ3v) is 3.10. The van der Waals surface area contributed by atoms with Crippen LogP contribution in [-0.2, 0) is 0 Å². The first-order chi connectivity index (χ1) is 7.18. The lowest BCUT2D eigenvalue weighted by Gasteiger charge is -2.17. The summed E-state index contributed by atoms with van der Waals surface area (Å²) >= 11 is 0. The Morgan fingerprint density at radius 1 is 1.20 bits per heavy atom. The summed E-state index contributed by atoms with van der Waals surface area (Å²) in [6.07, 6.45) is 0. The van der Waals surface area contributed by atoms with E-state index in [2.05, 4.69) is 48.6 Å². The van der Waals surface area contributed by atoms with E-state index in [0.29, 0.717) is 5.92 Å². The van der Waals surface area contributed by atoms with Gasteiger partial charge in [0.15, 0.2) is 0 Å². The molecule has 0 amide bonds. The molecule has 15 heavy (non-hydrogen) atoms. The number of anilines is 1. The average molecular weight is 205 g/mol. The highest BCUT2D eigenvalue weighted by Crippen LogP contribution is 2.23. The zero-order valence-corrected chi connectivity index (χ0v) is 9.40. The Bertz CT molecular complexity index is 318. The van der Waals surface area contributed by atoms with Crippen LogP contribution in [0.3, 0.4) is 0 Å². The van der Waals surface area contributed by atoms with Crippen molar-refractivity contribution in [3.05, 3.63) is 29.8 Å². The van der Waals surface area contributed by atoms with E-state index in [1.54, 1.807) is 0 Å². The molecule has 0 spiro atoms. The lowest BCUT2D eigenvalue weighted by atomic mass is 9.95. The number of nitrogens with one attached hydrogen (secondary N) is 1. The molecule has 1 aromatic rings. The maximum Gasteiger partial charge on any atom is 0.0361 e. The minimum absolute atomic E-state index is 0.259. The second kappa shape index (κ2) is 4.21. The van der Waals surface area contributed by atoms with Crippen LogP contribution in [0.5, 0.6) is 0 Å². The van der Waals surface area contributed by atoms with Crippen LogP contribution in [0.4, 0.5) is 5.69 Å². The fraction of sp³-hybridized carbons (Fsp3) is 0.500. The zero-order valence-electron chi connectivity index (χ0n) is 9.40. The normalized spacial score (nSPS) is 25.5. The third-order valence-electron chi connectivity index (χ3n) is 3.10. The van der Waals surface area contributed by atoms with Crippen molar-refractivity contribution in [3.8, 4) is 0 Å². The first kappa shape index (κ1) is 10.5. The summed E-state index contributed by atoms with van der Waals surface area (Å²) in [5.74, 6) is 0.473. The van der Waals surface area contributed by atoms with Crippen molar-refractivity contribution in [2.24, 2.45) is 5.73 Å². The summed E-state index contributed by atoms with van der Waals surface area (Å²) in [6.45, 7) is 1.93. The molecule has 82 valence electrons. The van der Waals surface area contributed by atoms with Gasteiger partial charge in [0.25, 0.3) is 0 Å². The second-order valence-electron chi connectivity index (χ2n) is 4.41. The third kappa shape index (κ3) is 2.13. The van der Waals surface area contributed by atoms with E-state index >= 15 is 0 Å². The van der Waals surface area contributed by atoms with Gasteiger partial charge in [0, 0.05) is 44.8 Å². The molecule has 3 heteroatoms. The Morgan fingerprint density at radius 3 is 2.33 bits per heavy atom. The van der Waals surface area contributed by atoms with E-state index in [1.807, 2.05) is 0 Å². The van der Waals surface area contributed by atoms with Crippen molar-refractivity contribution < 1.29 is 0 Å². The molecule has 3 nitrogen and oxygen atoms in total. The van der Waals surface area contributed by atoms with E-state index in [-0.39, 0.29) is 6.04 Å². The maximum atomic E-state index is 6.04. The number of nitrogens with zero attached hydrogens (tertiary/aromatic N) is 1. The van der Waals surface area contributed by atoms with Gasteiger partial charge in [-0.25, -0.2) is 0 Å². The van der Waals surface area contributed by atoms with Gasteiger partial charge in [-0.3, -0.25) is 0 Å². The summed E-state index contributed by atoms with van der Waals surface area (Å²) < 4.78 is 0. The molecular formula is C12H19N3. The van der Waals surface area contributed by atoms with Gasteiger partial charge in [-0.05, 0) is 17.7 Å². The largest absolute Gasteiger partial charge is 0.378 e. The molecule has 1 fully saturated rings. The average Bonchev–Trinajstić information content (AvgIpc) is 2.65. The topological polar surface area (TPSA) is 41.3 Å². The van der Waals surface area contributed by atoms with Crippen LogP contribution in [0.2, 0.25) is 0 Å². The predicted molar refractivity (Wildman–Crippen MR) is 64.4 cm³/mol. The Hall–Kier alpha value is -1.06. The van der Waals surface area contributed by atoms with Crippen LogP contribution in [-0.4, -0.2) is 33.2 Å². The summed E-state index contributed by atoms with van der Waals surface area (Å²) in [5.41, 5.74) is 8.62. The van der Waals surface area contributed by atoms with Crippen molar-refractivity contribution in [1.29, 1.82) is 0 Å². The lowest BCUT2D eigenvalue weighted by Crippen LogP contribution is -2.27. The van der Waals surface area contributed by atoms with Crippen LogP contribution >= 0.6 is 0 Å². The molecule has 1 heterocycles. The summed E-state index contributed by atoms with van der Waals surface area (Å²) in [6, 6.07) is 8.94. The van der Waals surface area contributed by atoms with Gasteiger partial charge < -0.3 is 16.0 Å². The zero-order chi connectivity index (χ0) is 10.8. The Labute approximate surface area is 91.3 Å². The van der Waals surface area contributed by atoms with Crippen LogP contribution in [0, 0.1) is 0 Å². The van der Waals surface area contributed by atoms with Crippen LogP contribution < -0.4 is 16.0 Å². The minimum Gasteiger partial charge on any atom is -0.378 e. The van der Waals surface area contributed by atoms with Gasteiger partial charge in [0.05, 0.1) is 0 Å². The van der Waals surface area contributed by atoms with Gasteiger partial charge >= 0.3 is 0 Å². The monoisotopic (exact) mass is 205 g/mol. The van der Waals surface area contributed by atoms with Gasteiger partial charge in [0.1, 0.15) is 0 Å². The molecule has 0 aromatic heterocycles. The van der Waals surface area contributed by atoms with Crippen LogP contribution in [0.1, 0.15) is 11.5 Å². The molecular weight excluding hydrogens is 186 g/mol. The Kier molecular flexibility index (Phi) is 2.93. The van der Waals surface area contributed by atoms with Crippen molar-refractivity contribution in [1.82, 2.24) is 5.32 Å². The summed E-state index contributed by atoms with van der Waals surface area (Å²) in [7, 11) is 4.11. The molecule has 3 N–H and O–H groups in total. The number of benzene rings is 1. The standard InChI is InChI=1S/C12H19N3/c1-15(2)10-5-3-9(4-6-10)11-7-14-8-12(11)13/h3-6,11-12,14H,7-8,13H2,1-2H3/t11-,12-/m1/s1. The van der Waals surface area contributed by atoms with E-state index in [1.165, 1.54) is 11.3 Å². The van der Waals surface area contributed by atoms with E-state index in [0.717, 1.165) is 13.1 Å². The molecule has 0 radical (unpaired) electrons. The molecule has 0 saturated carbocycles. The molecule has 1 aliphatic heterocycles. The highest BCUT2D eigenvalue weighted by Gasteiger charge is 2.24. The van der Waals surface area contributed by atoms with Crippen molar-refractivity contribution in [3.63, 3.8) is 0 Å². The van der Waals surface area contributed by atoms with Gasteiger partial charge in [-0.15, -0.1) is 0 Å². The van der Waals surface area contributed by atoms with Gasteiger partial charge in [0.2, 0.25) is 0 Å². The van der Waals surface area contributed by atoms with Crippen LogP contribution in [0.15, 0.2) is 24.3 Å². The molecule has 2 atom stereocenters. The smallest absolute Gasteiger partial charge is 0.0361 e. The molecule has 0 unspecified atom stereocenters. The number of nitrogens with two attached hydrogens (primary N) is 1. The maximum absolute atomic E-state index is 6.04. The summed E-state index contributed by atoms with van der Waals surface area (Å²) in [4.78, 5) is 2.11. The molecule has 0 bridgehead atoms. The van der Waals surface area contributed by atoms with E-state index < -0.39 is 0 Å². The Balaban J connectivity index is 2.16. The van der Waals surface area contributed by atoms with Gasteiger partial charge in [-0.2, -0.15) is 0 Å². The quantitative estimate of drug-likeness (QED) is 0.749. The van der Waals surface area contributed by atoms with Crippen molar-refractivity contribution >= 4 is 5.69 Å². The number of rotatable bonds is 2. The van der Waals surface area contributed by atoms with E-state index in [4.69, 9.17) is 5.73 Å². The summed E-state index contributed by atoms with van der Waals surface area (Å²) in [5, 5.41) is 3.32. The first-order valence-corrected chi connectivity index (χ1v) is 5.42. The number of hydrogen-bond donors (Lipinski definition) is 2. The second-order valence-corrected chi connectivity index (χ2v) is 4.41. The van der Waals surface area contributed by atoms with Crippen molar-refractivity contribution in [2.45, 2.75) is 12.0 Å². The SMILES string of the molecule is CN(C)c1ccc([C@H]2CNC[C@H]2N)cc1. The van der Waals surface area contributed by atoms with E-state index in [9.17, 15) is 0 Å². The van der Waals surface area contributed by atoms with Gasteiger partial charge in [-0.1, -0.05) is 12.1 Å². The highest BCUT2D eigenvalue weighted by atomic mass is 15.1. The molecule has 1 saturated heterocycles. The molecule has 1 aliphatic rings. The lowest BCUT2D eigenvalue weighted by molar-refractivity contribution is 0.653.